The minimum Gasteiger partial charge on any atom is -0.378 e. The quantitative estimate of drug-likeness (QED) is 0.827. The molecule has 0 unspecified atom stereocenters. The van der Waals surface area contributed by atoms with Crippen molar-refractivity contribution in [3.05, 3.63) is 23.8 Å². The van der Waals surface area contributed by atoms with Crippen molar-refractivity contribution in [2.45, 2.75) is 26.7 Å². The summed E-state index contributed by atoms with van der Waals surface area (Å²) in [6.07, 6.45) is 1.78. The van der Waals surface area contributed by atoms with Gasteiger partial charge in [-0.1, -0.05) is 20.8 Å². The third-order valence-electron chi connectivity index (χ3n) is 3.66. The van der Waals surface area contributed by atoms with Gasteiger partial charge in [0.25, 0.3) is 0 Å². The van der Waals surface area contributed by atoms with Gasteiger partial charge >= 0.3 is 0 Å². The molecule has 0 saturated carbocycles. The molecule has 100 valence electrons. The molecule has 1 atom stereocenters. The van der Waals surface area contributed by atoms with Crippen LogP contribution < -0.4 is 4.90 Å². The van der Waals surface area contributed by atoms with E-state index >= 15 is 0 Å². The van der Waals surface area contributed by atoms with Crippen LogP contribution >= 0.6 is 0 Å². The standard InChI is InChI=1S/C14H21FN2O/c1-10(2)11(3)14-13(15)8-12(9-16-14)17-4-6-18-7-5-17/h8-11H,4-7H2,1-3H3/t11-/m1/s1. The normalized spacial score (nSPS) is 18.2. The first-order valence-electron chi connectivity index (χ1n) is 6.57. The second-order valence-electron chi connectivity index (χ2n) is 5.19. The molecule has 0 N–H and O–H groups in total. The van der Waals surface area contributed by atoms with E-state index < -0.39 is 0 Å². The van der Waals surface area contributed by atoms with Crippen molar-refractivity contribution in [2.24, 2.45) is 5.92 Å². The summed E-state index contributed by atoms with van der Waals surface area (Å²) in [6, 6.07) is 1.60. The largest absolute Gasteiger partial charge is 0.378 e. The van der Waals surface area contributed by atoms with E-state index in [0.717, 1.165) is 18.8 Å². The number of morpholine rings is 1. The van der Waals surface area contributed by atoms with Gasteiger partial charge in [-0.2, -0.15) is 0 Å². The molecule has 0 aliphatic carbocycles. The predicted molar refractivity (Wildman–Crippen MR) is 70.5 cm³/mol. The van der Waals surface area contributed by atoms with Crippen molar-refractivity contribution < 1.29 is 9.13 Å². The molecule has 1 saturated heterocycles. The Balaban J connectivity index is 2.18. The van der Waals surface area contributed by atoms with Gasteiger partial charge in [-0.3, -0.25) is 4.98 Å². The van der Waals surface area contributed by atoms with Crippen molar-refractivity contribution in [1.82, 2.24) is 4.98 Å². The molecule has 1 fully saturated rings. The van der Waals surface area contributed by atoms with E-state index in [1.807, 2.05) is 6.92 Å². The molecule has 1 aliphatic heterocycles. The van der Waals surface area contributed by atoms with Crippen LogP contribution in [0.4, 0.5) is 10.1 Å². The average molecular weight is 252 g/mol. The summed E-state index contributed by atoms with van der Waals surface area (Å²) < 4.78 is 19.4. The maximum absolute atomic E-state index is 14.1. The Morgan fingerprint density at radius 1 is 1.28 bits per heavy atom. The maximum atomic E-state index is 14.1. The van der Waals surface area contributed by atoms with Crippen LogP contribution in [0.2, 0.25) is 0 Å². The van der Waals surface area contributed by atoms with Crippen molar-refractivity contribution in [3.8, 4) is 0 Å². The first-order chi connectivity index (χ1) is 8.59. The Morgan fingerprint density at radius 2 is 1.94 bits per heavy atom. The lowest BCUT2D eigenvalue weighted by Crippen LogP contribution is -2.36. The van der Waals surface area contributed by atoms with Gasteiger partial charge in [0.15, 0.2) is 0 Å². The van der Waals surface area contributed by atoms with Crippen molar-refractivity contribution in [3.63, 3.8) is 0 Å². The zero-order valence-electron chi connectivity index (χ0n) is 11.3. The fraction of sp³-hybridized carbons (Fsp3) is 0.643. The number of anilines is 1. The lowest BCUT2D eigenvalue weighted by Gasteiger charge is -2.29. The number of ether oxygens (including phenoxy) is 1. The third kappa shape index (κ3) is 2.80. The molecule has 18 heavy (non-hydrogen) atoms. The molecule has 0 amide bonds. The fourth-order valence-electron chi connectivity index (χ4n) is 2.08. The van der Waals surface area contributed by atoms with Crippen molar-refractivity contribution in [2.75, 3.05) is 31.2 Å². The Morgan fingerprint density at radius 3 is 2.50 bits per heavy atom. The van der Waals surface area contributed by atoms with E-state index in [4.69, 9.17) is 4.74 Å². The van der Waals surface area contributed by atoms with Crippen molar-refractivity contribution >= 4 is 5.69 Å². The lowest BCUT2D eigenvalue weighted by atomic mass is 9.94. The SMILES string of the molecule is CC(C)[C@@H](C)c1ncc(N2CCOCC2)cc1F. The lowest BCUT2D eigenvalue weighted by molar-refractivity contribution is 0.122. The second-order valence-corrected chi connectivity index (χ2v) is 5.19. The Kier molecular flexibility index (Phi) is 4.17. The number of halogens is 1. The smallest absolute Gasteiger partial charge is 0.147 e. The van der Waals surface area contributed by atoms with Gasteiger partial charge in [-0.25, -0.2) is 4.39 Å². The minimum atomic E-state index is -0.194. The highest BCUT2D eigenvalue weighted by Gasteiger charge is 2.18. The van der Waals surface area contributed by atoms with Gasteiger partial charge in [-0.05, 0) is 5.92 Å². The van der Waals surface area contributed by atoms with Gasteiger partial charge < -0.3 is 9.64 Å². The first kappa shape index (κ1) is 13.3. The molecule has 0 spiro atoms. The summed E-state index contributed by atoms with van der Waals surface area (Å²) in [4.78, 5) is 6.43. The van der Waals surface area contributed by atoms with E-state index in [1.165, 1.54) is 0 Å². The highest BCUT2D eigenvalue weighted by molar-refractivity contribution is 5.45. The third-order valence-corrected chi connectivity index (χ3v) is 3.66. The Bertz CT molecular complexity index is 403. The molecule has 1 aromatic heterocycles. The predicted octanol–water partition coefficient (Wildman–Crippen LogP) is 2.82. The van der Waals surface area contributed by atoms with E-state index in [2.05, 4.69) is 23.7 Å². The summed E-state index contributed by atoms with van der Waals surface area (Å²) in [7, 11) is 0. The molecule has 2 rings (SSSR count). The number of hydrogen-bond acceptors (Lipinski definition) is 3. The van der Waals surface area contributed by atoms with Crippen LogP contribution in [0.1, 0.15) is 32.4 Å². The highest BCUT2D eigenvalue weighted by atomic mass is 19.1. The van der Waals surface area contributed by atoms with E-state index in [0.29, 0.717) is 24.8 Å². The first-order valence-corrected chi connectivity index (χ1v) is 6.57. The van der Waals surface area contributed by atoms with Gasteiger partial charge in [0.05, 0.1) is 30.8 Å². The van der Waals surface area contributed by atoms with Gasteiger partial charge in [0, 0.05) is 25.1 Å². The number of hydrogen-bond donors (Lipinski definition) is 0. The number of aromatic nitrogens is 1. The van der Waals surface area contributed by atoms with Crippen LogP contribution in [0, 0.1) is 11.7 Å². The number of rotatable bonds is 3. The zero-order valence-corrected chi connectivity index (χ0v) is 11.3. The summed E-state index contributed by atoms with van der Waals surface area (Å²) in [5.41, 5.74) is 1.43. The van der Waals surface area contributed by atoms with Crippen LogP contribution in [-0.4, -0.2) is 31.3 Å². The maximum Gasteiger partial charge on any atom is 0.147 e. The molecule has 1 aromatic rings. The summed E-state index contributed by atoms with van der Waals surface area (Å²) in [6.45, 7) is 9.20. The number of nitrogens with zero attached hydrogens (tertiary/aromatic N) is 2. The molecular weight excluding hydrogens is 231 g/mol. The zero-order chi connectivity index (χ0) is 13.1. The van der Waals surface area contributed by atoms with Crippen LogP contribution in [-0.2, 0) is 4.74 Å². The summed E-state index contributed by atoms with van der Waals surface area (Å²) in [5.74, 6) is 0.338. The highest BCUT2D eigenvalue weighted by Crippen LogP contribution is 2.26. The van der Waals surface area contributed by atoms with E-state index in [9.17, 15) is 4.39 Å². The van der Waals surface area contributed by atoms with Crippen molar-refractivity contribution in [1.29, 1.82) is 0 Å². The fourth-order valence-corrected chi connectivity index (χ4v) is 2.08. The molecule has 0 radical (unpaired) electrons. The Labute approximate surface area is 108 Å². The Hall–Kier alpha value is -1.16. The van der Waals surface area contributed by atoms with Gasteiger partial charge in [-0.15, -0.1) is 0 Å². The molecule has 2 heterocycles. The molecule has 0 aromatic carbocycles. The van der Waals surface area contributed by atoms with Crippen LogP contribution in [0.25, 0.3) is 0 Å². The van der Waals surface area contributed by atoms with Crippen LogP contribution in [0.3, 0.4) is 0 Å². The van der Waals surface area contributed by atoms with E-state index in [1.54, 1.807) is 12.3 Å². The summed E-state index contributed by atoms with van der Waals surface area (Å²) in [5, 5.41) is 0. The van der Waals surface area contributed by atoms with Gasteiger partial charge in [0.1, 0.15) is 5.82 Å². The molecule has 3 nitrogen and oxygen atoms in total. The molecule has 0 bridgehead atoms. The second kappa shape index (κ2) is 5.65. The van der Waals surface area contributed by atoms with Crippen LogP contribution in [0.5, 0.6) is 0 Å². The number of pyridine rings is 1. The van der Waals surface area contributed by atoms with E-state index in [-0.39, 0.29) is 11.7 Å². The average Bonchev–Trinajstić information content (AvgIpc) is 2.38. The van der Waals surface area contributed by atoms with Crippen LogP contribution in [0.15, 0.2) is 12.3 Å². The monoisotopic (exact) mass is 252 g/mol. The molecule has 1 aliphatic rings. The van der Waals surface area contributed by atoms with Gasteiger partial charge in [0.2, 0.25) is 0 Å². The summed E-state index contributed by atoms with van der Waals surface area (Å²) >= 11 is 0. The topological polar surface area (TPSA) is 25.4 Å². The molecular formula is C14H21FN2O. The molecule has 4 heteroatoms. The minimum absolute atomic E-state index is 0.142.